The summed E-state index contributed by atoms with van der Waals surface area (Å²) < 4.78 is 5.44. The summed E-state index contributed by atoms with van der Waals surface area (Å²) in [7, 11) is 0. The van der Waals surface area contributed by atoms with Gasteiger partial charge in [-0.3, -0.25) is 4.79 Å². The van der Waals surface area contributed by atoms with Crippen LogP contribution in [0.1, 0.15) is 45.8 Å². The van der Waals surface area contributed by atoms with Gasteiger partial charge in [0.05, 0.1) is 18.1 Å². The number of nitrogens with one attached hydrogen (secondary N) is 2. The molecule has 3 aliphatic rings. The molecule has 2 bridgehead atoms. The van der Waals surface area contributed by atoms with Gasteiger partial charge in [0.1, 0.15) is 0 Å². The normalized spacial score (nSPS) is 31.9. The van der Waals surface area contributed by atoms with Gasteiger partial charge in [-0.05, 0) is 37.3 Å². The number of hydrogen-bond donors (Lipinski definition) is 2. The third-order valence-electron chi connectivity index (χ3n) is 4.66. The van der Waals surface area contributed by atoms with Crippen LogP contribution in [0.3, 0.4) is 0 Å². The Morgan fingerprint density at radius 1 is 1.35 bits per heavy atom. The summed E-state index contributed by atoms with van der Waals surface area (Å²) in [4.78, 5) is 14.6. The fourth-order valence-corrected chi connectivity index (χ4v) is 4.74. The molecule has 5 heteroatoms. The van der Waals surface area contributed by atoms with Crippen molar-refractivity contribution in [2.45, 2.75) is 56.8 Å². The van der Waals surface area contributed by atoms with E-state index in [1.165, 1.54) is 23.3 Å². The van der Waals surface area contributed by atoms with E-state index in [1.807, 2.05) is 6.07 Å². The highest BCUT2D eigenvalue weighted by Gasteiger charge is 2.34. The molecule has 0 aromatic carbocycles. The maximum atomic E-state index is 12.4. The van der Waals surface area contributed by atoms with Crippen molar-refractivity contribution >= 4 is 17.2 Å². The summed E-state index contributed by atoms with van der Waals surface area (Å²) in [6.07, 6.45) is 5.64. The minimum Gasteiger partial charge on any atom is -0.376 e. The topological polar surface area (TPSA) is 50.4 Å². The zero-order valence-corrected chi connectivity index (χ0v) is 12.3. The van der Waals surface area contributed by atoms with Crippen LogP contribution >= 0.6 is 11.3 Å². The van der Waals surface area contributed by atoms with E-state index < -0.39 is 0 Å². The fraction of sp³-hybridized carbons (Fsp3) is 0.667. The monoisotopic (exact) mass is 292 g/mol. The van der Waals surface area contributed by atoms with Gasteiger partial charge >= 0.3 is 0 Å². The van der Waals surface area contributed by atoms with Crippen LogP contribution in [0, 0.1) is 0 Å². The molecule has 4 nitrogen and oxygen atoms in total. The Bertz CT molecular complexity index is 492. The van der Waals surface area contributed by atoms with Crippen molar-refractivity contribution in [3.05, 3.63) is 21.4 Å². The largest absolute Gasteiger partial charge is 0.376 e. The molecule has 0 radical (unpaired) electrons. The number of rotatable bonds is 2. The van der Waals surface area contributed by atoms with Gasteiger partial charge in [-0.25, -0.2) is 0 Å². The zero-order chi connectivity index (χ0) is 13.5. The van der Waals surface area contributed by atoms with Crippen LogP contribution in [-0.2, 0) is 17.8 Å². The lowest BCUT2D eigenvalue weighted by molar-refractivity contribution is 0.0927. The fourth-order valence-electron chi connectivity index (χ4n) is 3.69. The van der Waals surface area contributed by atoms with Crippen LogP contribution in [0.4, 0.5) is 0 Å². The number of amides is 1. The van der Waals surface area contributed by atoms with Crippen molar-refractivity contribution in [3.8, 4) is 0 Å². The van der Waals surface area contributed by atoms with E-state index in [2.05, 4.69) is 10.6 Å². The Morgan fingerprint density at radius 2 is 2.15 bits per heavy atom. The number of carbonyl (C=O) groups is 1. The molecule has 2 unspecified atom stereocenters. The maximum absolute atomic E-state index is 12.4. The first-order valence-corrected chi connectivity index (χ1v) is 8.36. The molecule has 1 aromatic rings. The molecule has 2 atom stereocenters. The molecule has 4 rings (SSSR count). The summed E-state index contributed by atoms with van der Waals surface area (Å²) in [6.45, 7) is 1.45. The van der Waals surface area contributed by atoms with E-state index in [1.54, 1.807) is 11.3 Å². The van der Waals surface area contributed by atoms with Gasteiger partial charge in [0.25, 0.3) is 5.91 Å². The van der Waals surface area contributed by atoms with E-state index in [4.69, 9.17) is 4.74 Å². The Balaban J connectivity index is 1.43. The smallest absolute Gasteiger partial charge is 0.261 e. The maximum Gasteiger partial charge on any atom is 0.261 e. The molecule has 0 saturated carbocycles. The van der Waals surface area contributed by atoms with E-state index >= 15 is 0 Å². The SMILES string of the molecule is O=C(NC1CC2CCC(C1)N2)c1cc2c(s1)CCOC2. The third-order valence-corrected chi connectivity index (χ3v) is 5.90. The lowest BCUT2D eigenvalue weighted by Gasteiger charge is -2.29. The van der Waals surface area contributed by atoms with Crippen LogP contribution in [0.25, 0.3) is 0 Å². The van der Waals surface area contributed by atoms with Gasteiger partial charge in [-0.2, -0.15) is 0 Å². The molecule has 0 spiro atoms. The second kappa shape index (κ2) is 5.13. The first-order chi connectivity index (χ1) is 9.78. The van der Waals surface area contributed by atoms with Gasteiger partial charge in [0.15, 0.2) is 0 Å². The summed E-state index contributed by atoms with van der Waals surface area (Å²) >= 11 is 1.64. The third kappa shape index (κ3) is 2.38. The van der Waals surface area contributed by atoms with Gasteiger partial charge in [0, 0.05) is 29.4 Å². The molecule has 2 N–H and O–H groups in total. The minimum atomic E-state index is 0.107. The molecule has 3 aliphatic heterocycles. The number of fused-ring (bicyclic) bond motifs is 3. The standard InChI is InChI=1S/C15H20N2O2S/c18-15(14-5-9-8-19-4-3-13(9)20-14)17-12-6-10-1-2-11(7-12)16-10/h5,10-12,16H,1-4,6-8H2,(H,17,18). The van der Waals surface area contributed by atoms with Gasteiger partial charge in [-0.15, -0.1) is 11.3 Å². The number of hydrogen-bond acceptors (Lipinski definition) is 4. The predicted octanol–water partition coefficient (Wildman–Crippen LogP) is 1.83. The first kappa shape index (κ1) is 12.8. The summed E-state index contributed by atoms with van der Waals surface area (Å²) in [5.74, 6) is 0.107. The minimum absolute atomic E-state index is 0.107. The van der Waals surface area contributed by atoms with Crippen LogP contribution < -0.4 is 10.6 Å². The van der Waals surface area contributed by atoms with Crippen molar-refractivity contribution in [2.24, 2.45) is 0 Å². The second-order valence-corrected chi connectivity index (χ2v) is 7.28. The number of piperidine rings is 1. The molecule has 2 saturated heterocycles. The van der Waals surface area contributed by atoms with E-state index in [0.29, 0.717) is 24.7 Å². The van der Waals surface area contributed by atoms with Crippen LogP contribution in [0.5, 0.6) is 0 Å². The predicted molar refractivity (Wildman–Crippen MR) is 78.1 cm³/mol. The molecule has 1 aromatic heterocycles. The molecular formula is C15H20N2O2S. The van der Waals surface area contributed by atoms with Gasteiger partial charge in [-0.1, -0.05) is 0 Å². The molecule has 0 aliphatic carbocycles. The highest BCUT2D eigenvalue weighted by molar-refractivity contribution is 7.14. The lowest BCUT2D eigenvalue weighted by atomic mass is 10.00. The highest BCUT2D eigenvalue weighted by atomic mass is 32.1. The highest BCUT2D eigenvalue weighted by Crippen LogP contribution is 2.29. The number of carbonyl (C=O) groups excluding carboxylic acids is 1. The Kier molecular flexibility index (Phi) is 3.28. The Morgan fingerprint density at radius 3 is 2.90 bits per heavy atom. The van der Waals surface area contributed by atoms with Gasteiger partial charge in [0.2, 0.25) is 0 Å². The lowest BCUT2D eigenvalue weighted by Crippen LogP contribution is -2.47. The average molecular weight is 292 g/mol. The van der Waals surface area contributed by atoms with Crippen LogP contribution in [-0.4, -0.2) is 30.6 Å². The molecule has 1 amide bonds. The summed E-state index contributed by atoms with van der Waals surface area (Å²) in [6, 6.07) is 3.59. The van der Waals surface area contributed by atoms with E-state index in [-0.39, 0.29) is 5.91 Å². The quantitative estimate of drug-likeness (QED) is 0.874. The first-order valence-electron chi connectivity index (χ1n) is 7.54. The van der Waals surface area contributed by atoms with E-state index in [0.717, 1.165) is 30.7 Å². The van der Waals surface area contributed by atoms with Crippen LogP contribution in [0.2, 0.25) is 0 Å². The van der Waals surface area contributed by atoms with E-state index in [9.17, 15) is 4.79 Å². The zero-order valence-electron chi connectivity index (χ0n) is 11.5. The van der Waals surface area contributed by atoms with Gasteiger partial charge < -0.3 is 15.4 Å². The Hall–Kier alpha value is -0.910. The Labute approximate surface area is 122 Å². The van der Waals surface area contributed by atoms with Crippen molar-refractivity contribution in [2.75, 3.05) is 6.61 Å². The average Bonchev–Trinajstić information content (AvgIpc) is 3.02. The number of thiophene rings is 1. The van der Waals surface area contributed by atoms with Crippen molar-refractivity contribution in [3.63, 3.8) is 0 Å². The molecule has 20 heavy (non-hydrogen) atoms. The summed E-state index contributed by atoms with van der Waals surface area (Å²) in [5.41, 5.74) is 1.21. The van der Waals surface area contributed by atoms with Crippen molar-refractivity contribution in [1.29, 1.82) is 0 Å². The molecule has 108 valence electrons. The molecule has 2 fully saturated rings. The van der Waals surface area contributed by atoms with Crippen molar-refractivity contribution < 1.29 is 9.53 Å². The summed E-state index contributed by atoms with van der Waals surface area (Å²) in [5, 5.41) is 6.84. The van der Waals surface area contributed by atoms with Crippen LogP contribution in [0.15, 0.2) is 6.07 Å². The molecule has 4 heterocycles. The second-order valence-electron chi connectivity index (χ2n) is 6.14. The van der Waals surface area contributed by atoms with Crippen molar-refractivity contribution in [1.82, 2.24) is 10.6 Å². The number of ether oxygens (including phenoxy) is 1. The molecular weight excluding hydrogens is 272 g/mol.